The molecule has 6 nitrogen and oxygen atoms in total. The van der Waals surface area contributed by atoms with E-state index >= 15 is 0 Å². The van der Waals surface area contributed by atoms with Gasteiger partial charge >= 0.3 is 0 Å². The van der Waals surface area contributed by atoms with Gasteiger partial charge in [0.1, 0.15) is 17.7 Å². The first-order valence-corrected chi connectivity index (χ1v) is 4.18. The minimum atomic E-state index is -0.504. The molecule has 1 N–H and O–H groups in total. The summed E-state index contributed by atoms with van der Waals surface area (Å²) in [6.45, 7) is 0. The Morgan fingerprint density at radius 1 is 1.31 bits per heavy atom. The van der Waals surface area contributed by atoms with Crippen LogP contribution < -0.4 is 5.32 Å². The highest BCUT2D eigenvalue weighted by atomic mass is 16.6. The number of nitro groups is 1. The minimum absolute atomic E-state index is 0.0182. The van der Waals surface area contributed by atoms with E-state index < -0.39 is 4.92 Å². The lowest BCUT2D eigenvalue weighted by Gasteiger charge is -1.98. The Bertz CT molecular complexity index is 489. The van der Waals surface area contributed by atoms with Crippen molar-refractivity contribution in [1.82, 2.24) is 0 Å². The molecule has 0 fully saturated rings. The molecule has 0 aliphatic carbocycles. The first-order valence-electron chi connectivity index (χ1n) is 4.18. The lowest BCUT2D eigenvalue weighted by Crippen LogP contribution is -1.91. The molecule has 0 bridgehead atoms. The summed E-state index contributed by atoms with van der Waals surface area (Å²) in [5.41, 5.74) is 0.474. The van der Waals surface area contributed by atoms with Crippen LogP contribution in [0.2, 0.25) is 0 Å². The Morgan fingerprint density at radius 2 is 1.88 bits per heavy atom. The van der Waals surface area contributed by atoms with Crippen LogP contribution in [0, 0.1) is 32.8 Å². The summed E-state index contributed by atoms with van der Waals surface area (Å²) >= 11 is 0. The third kappa shape index (κ3) is 2.82. The van der Waals surface area contributed by atoms with Crippen molar-refractivity contribution in [1.29, 1.82) is 10.5 Å². The number of hydrogen-bond donors (Lipinski definition) is 1. The third-order valence-corrected chi connectivity index (χ3v) is 1.70. The Balaban J connectivity index is 2.78. The van der Waals surface area contributed by atoms with Gasteiger partial charge in [-0.25, -0.2) is 0 Å². The van der Waals surface area contributed by atoms with Crippen molar-refractivity contribution in [2.24, 2.45) is 0 Å². The van der Waals surface area contributed by atoms with E-state index in [1.54, 1.807) is 12.1 Å². The number of allylic oxidation sites excluding steroid dienone is 1. The summed E-state index contributed by atoms with van der Waals surface area (Å²) in [4.78, 5) is 9.85. The second-order valence-electron chi connectivity index (χ2n) is 2.73. The number of nitro benzene ring substituents is 1. The molecule has 0 amide bonds. The maximum atomic E-state index is 10.4. The number of non-ortho nitro benzene ring substituents is 1. The normalized spacial score (nSPS) is 8.38. The van der Waals surface area contributed by atoms with E-state index in [1.165, 1.54) is 30.5 Å². The Labute approximate surface area is 91.2 Å². The molecule has 1 aromatic rings. The van der Waals surface area contributed by atoms with E-state index in [4.69, 9.17) is 10.5 Å². The molecule has 0 aliphatic heterocycles. The molecule has 16 heavy (non-hydrogen) atoms. The van der Waals surface area contributed by atoms with E-state index in [0.717, 1.165) is 0 Å². The van der Waals surface area contributed by atoms with Crippen LogP contribution in [0.25, 0.3) is 0 Å². The summed E-state index contributed by atoms with van der Waals surface area (Å²) in [6.07, 6.45) is 1.24. The summed E-state index contributed by atoms with van der Waals surface area (Å²) in [6, 6.07) is 8.99. The van der Waals surface area contributed by atoms with Gasteiger partial charge in [-0.1, -0.05) is 0 Å². The maximum absolute atomic E-state index is 10.4. The van der Waals surface area contributed by atoms with Crippen molar-refractivity contribution in [3.05, 3.63) is 46.2 Å². The molecule has 0 aliphatic rings. The number of nitrogens with one attached hydrogen (secondary N) is 1. The molecule has 0 saturated carbocycles. The predicted molar refractivity (Wildman–Crippen MR) is 56.0 cm³/mol. The molecule has 0 unspecified atom stereocenters. The minimum Gasteiger partial charge on any atom is -0.360 e. The second-order valence-corrected chi connectivity index (χ2v) is 2.73. The third-order valence-electron chi connectivity index (χ3n) is 1.70. The zero-order valence-electron chi connectivity index (χ0n) is 8.04. The standard InChI is InChI=1S/C10H6N4O2/c11-5-8(6-12)7-13-9-1-3-10(4-2-9)14(15)16/h1-4,7,13H. The number of anilines is 1. The zero-order valence-corrected chi connectivity index (χ0v) is 8.04. The molecule has 1 aromatic carbocycles. The van der Waals surface area contributed by atoms with E-state index in [2.05, 4.69) is 5.32 Å². The summed E-state index contributed by atoms with van der Waals surface area (Å²) in [5.74, 6) is 0. The fourth-order valence-corrected chi connectivity index (χ4v) is 0.924. The van der Waals surface area contributed by atoms with Gasteiger partial charge in [-0.15, -0.1) is 0 Å². The molecule has 0 heterocycles. The highest BCUT2D eigenvalue weighted by Gasteiger charge is 2.02. The van der Waals surface area contributed by atoms with Gasteiger partial charge in [0.25, 0.3) is 5.69 Å². The fraction of sp³-hybridized carbons (Fsp3) is 0. The van der Waals surface area contributed by atoms with Crippen LogP contribution in [0.3, 0.4) is 0 Å². The first-order chi connectivity index (χ1) is 7.67. The maximum Gasteiger partial charge on any atom is 0.269 e. The molecule has 78 valence electrons. The van der Waals surface area contributed by atoms with Crippen LogP contribution in [-0.4, -0.2) is 4.92 Å². The van der Waals surface area contributed by atoms with Crippen molar-refractivity contribution < 1.29 is 4.92 Å². The lowest BCUT2D eigenvalue weighted by atomic mass is 10.3. The van der Waals surface area contributed by atoms with Crippen molar-refractivity contribution in [2.45, 2.75) is 0 Å². The average molecular weight is 214 g/mol. The summed E-state index contributed by atoms with van der Waals surface area (Å²) in [7, 11) is 0. The number of benzene rings is 1. The van der Waals surface area contributed by atoms with Gasteiger partial charge < -0.3 is 5.32 Å². The monoisotopic (exact) mass is 214 g/mol. The highest BCUT2D eigenvalue weighted by molar-refractivity contribution is 5.52. The Kier molecular flexibility index (Phi) is 3.59. The van der Waals surface area contributed by atoms with E-state index in [0.29, 0.717) is 5.69 Å². The smallest absolute Gasteiger partial charge is 0.269 e. The van der Waals surface area contributed by atoms with Crippen LogP contribution >= 0.6 is 0 Å². The molecule has 6 heteroatoms. The molecule has 0 saturated heterocycles. The van der Waals surface area contributed by atoms with Crippen LogP contribution in [0.5, 0.6) is 0 Å². The van der Waals surface area contributed by atoms with Crippen LogP contribution in [0.1, 0.15) is 0 Å². The topological polar surface area (TPSA) is 103 Å². The van der Waals surface area contributed by atoms with E-state index in [1.807, 2.05) is 0 Å². The molecule has 0 radical (unpaired) electrons. The van der Waals surface area contributed by atoms with Crippen molar-refractivity contribution >= 4 is 11.4 Å². The Morgan fingerprint density at radius 3 is 2.31 bits per heavy atom. The van der Waals surface area contributed by atoms with E-state index in [9.17, 15) is 10.1 Å². The van der Waals surface area contributed by atoms with Crippen molar-refractivity contribution in [3.8, 4) is 12.1 Å². The van der Waals surface area contributed by atoms with Crippen LogP contribution in [-0.2, 0) is 0 Å². The SMILES string of the molecule is N#CC(C#N)=CNc1ccc([N+](=O)[O-])cc1. The van der Waals surface area contributed by atoms with Crippen molar-refractivity contribution in [2.75, 3.05) is 5.32 Å². The Hall–Kier alpha value is -2.86. The molecule has 1 rings (SSSR count). The van der Waals surface area contributed by atoms with Gasteiger partial charge in [-0.3, -0.25) is 10.1 Å². The van der Waals surface area contributed by atoms with Gasteiger partial charge in [0.2, 0.25) is 0 Å². The molecular formula is C10H6N4O2. The molecule has 0 spiro atoms. The first kappa shape index (κ1) is 11.2. The zero-order chi connectivity index (χ0) is 12.0. The second kappa shape index (κ2) is 5.13. The predicted octanol–water partition coefficient (Wildman–Crippen LogP) is 1.94. The van der Waals surface area contributed by atoms with Gasteiger partial charge in [0, 0.05) is 24.0 Å². The van der Waals surface area contributed by atoms with Crippen LogP contribution in [0.4, 0.5) is 11.4 Å². The highest BCUT2D eigenvalue weighted by Crippen LogP contribution is 2.15. The fourth-order valence-electron chi connectivity index (χ4n) is 0.924. The van der Waals surface area contributed by atoms with Gasteiger partial charge in [0.05, 0.1) is 4.92 Å². The number of nitriles is 2. The summed E-state index contributed by atoms with van der Waals surface area (Å²) in [5, 5.41) is 29.9. The largest absolute Gasteiger partial charge is 0.360 e. The number of hydrogen-bond acceptors (Lipinski definition) is 5. The van der Waals surface area contributed by atoms with Gasteiger partial charge in [-0.2, -0.15) is 10.5 Å². The van der Waals surface area contributed by atoms with Gasteiger partial charge in [-0.05, 0) is 12.1 Å². The van der Waals surface area contributed by atoms with Crippen LogP contribution in [0.15, 0.2) is 36.0 Å². The summed E-state index contributed by atoms with van der Waals surface area (Å²) < 4.78 is 0. The average Bonchev–Trinajstić information content (AvgIpc) is 2.31. The molecule has 0 aromatic heterocycles. The lowest BCUT2D eigenvalue weighted by molar-refractivity contribution is -0.384. The molecular weight excluding hydrogens is 208 g/mol. The molecule has 0 atom stereocenters. The van der Waals surface area contributed by atoms with Gasteiger partial charge in [0.15, 0.2) is 0 Å². The van der Waals surface area contributed by atoms with Crippen molar-refractivity contribution in [3.63, 3.8) is 0 Å². The number of nitrogens with zero attached hydrogens (tertiary/aromatic N) is 3. The number of rotatable bonds is 3. The quantitative estimate of drug-likeness (QED) is 0.470. The van der Waals surface area contributed by atoms with E-state index in [-0.39, 0.29) is 11.3 Å².